The van der Waals surface area contributed by atoms with Crippen LogP contribution in [0.3, 0.4) is 0 Å². The topological polar surface area (TPSA) is 42.4 Å². The summed E-state index contributed by atoms with van der Waals surface area (Å²) in [6.45, 7) is 7.94. The molecule has 0 saturated carbocycles. The number of ether oxygens (including phenoxy) is 1. The van der Waals surface area contributed by atoms with Crippen LogP contribution in [0.5, 0.6) is 11.5 Å². The van der Waals surface area contributed by atoms with Crippen molar-refractivity contribution < 1.29 is 9.84 Å². The van der Waals surface area contributed by atoms with Gasteiger partial charge in [-0.05, 0) is 80.1 Å². The summed E-state index contributed by atoms with van der Waals surface area (Å²) in [7, 11) is 0. The highest BCUT2D eigenvalue weighted by Crippen LogP contribution is 2.43. The summed E-state index contributed by atoms with van der Waals surface area (Å²) in [6, 6.07) is 12.2. The van der Waals surface area contributed by atoms with Crippen LogP contribution in [-0.4, -0.2) is 15.7 Å². The van der Waals surface area contributed by atoms with Gasteiger partial charge in [0.2, 0.25) is 0 Å². The Balaban J connectivity index is 1.60. The maximum absolute atomic E-state index is 10.3. The van der Waals surface area contributed by atoms with Crippen LogP contribution in [0.1, 0.15) is 41.2 Å². The van der Waals surface area contributed by atoms with Gasteiger partial charge in [0.25, 0.3) is 0 Å². The summed E-state index contributed by atoms with van der Waals surface area (Å²) >= 11 is 0. The van der Waals surface area contributed by atoms with Gasteiger partial charge in [-0.1, -0.05) is 30.0 Å². The van der Waals surface area contributed by atoms with E-state index in [1.165, 1.54) is 0 Å². The maximum atomic E-state index is 10.3. The van der Waals surface area contributed by atoms with Crippen molar-refractivity contribution in [3.8, 4) is 34.5 Å². The van der Waals surface area contributed by atoms with E-state index < -0.39 is 5.60 Å². The fourth-order valence-corrected chi connectivity index (χ4v) is 3.82. The Hall–Kier alpha value is -3.25. The molecule has 1 N–H and O–H groups in total. The normalized spacial score (nSPS) is 17.7. The van der Waals surface area contributed by atoms with Gasteiger partial charge in [0.05, 0.1) is 0 Å². The molecule has 1 atom stereocenters. The largest absolute Gasteiger partial charge is 0.507 e. The van der Waals surface area contributed by atoms with Gasteiger partial charge in [0, 0.05) is 29.9 Å². The van der Waals surface area contributed by atoms with Crippen LogP contribution in [0.4, 0.5) is 0 Å². The van der Waals surface area contributed by atoms with Crippen LogP contribution in [0.2, 0.25) is 0 Å². The molecular formula is C26H25NO2. The molecule has 0 amide bonds. The zero-order chi connectivity index (χ0) is 20.6. The second-order valence-electron chi connectivity index (χ2n) is 7.93. The summed E-state index contributed by atoms with van der Waals surface area (Å²) in [4.78, 5) is 4.17. The van der Waals surface area contributed by atoms with Gasteiger partial charge in [-0.3, -0.25) is 4.98 Å². The van der Waals surface area contributed by atoms with E-state index in [1.807, 2.05) is 58.2 Å². The smallest absolute Gasteiger partial charge is 0.167 e. The summed E-state index contributed by atoms with van der Waals surface area (Å²) in [5.41, 5.74) is 6.53. The number of phenols is 1. The van der Waals surface area contributed by atoms with Gasteiger partial charge < -0.3 is 9.84 Å². The molecule has 0 radical (unpaired) electrons. The van der Waals surface area contributed by atoms with Crippen molar-refractivity contribution in [2.24, 2.45) is 0 Å². The van der Waals surface area contributed by atoms with E-state index in [-0.39, 0.29) is 0 Å². The second kappa shape index (κ2) is 7.29. The molecule has 3 aromatic rings. The van der Waals surface area contributed by atoms with Gasteiger partial charge in [0.15, 0.2) is 5.60 Å². The molecule has 1 aromatic heterocycles. The highest BCUT2D eigenvalue weighted by atomic mass is 16.5. The van der Waals surface area contributed by atoms with Crippen LogP contribution in [0.15, 0.2) is 48.8 Å². The third kappa shape index (κ3) is 3.59. The van der Waals surface area contributed by atoms with Crippen LogP contribution in [0, 0.1) is 32.6 Å². The first-order chi connectivity index (χ1) is 13.9. The lowest BCUT2D eigenvalue weighted by Gasteiger charge is -2.34. The minimum absolute atomic E-state index is 0.383. The lowest BCUT2D eigenvalue weighted by atomic mass is 9.87. The minimum atomic E-state index is -0.546. The SMILES string of the molecule is Cc1c(C)c2c(c(C)c1O)CCC(C)(C#Cc1ccc(-c3cccnc3)cc1)O2. The molecule has 0 aliphatic carbocycles. The first-order valence-corrected chi connectivity index (χ1v) is 9.92. The lowest BCUT2D eigenvalue weighted by molar-refractivity contribution is 0.122. The molecule has 1 aliphatic heterocycles. The molecule has 1 aliphatic rings. The van der Waals surface area contributed by atoms with Gasteiger partial charge in [0.1, 0.15) is 11.5 Å². The molecule has 2 aromatic carbocycles. The molecule has 146 valence electrons. The zero-order valence-corrected chi connectivity index (χ0v) is 17.3. The average Bonchev–Trinajstić information content (AvgIpc) is 2.76. The number of hydrogen-bond donors (Lipinski definition) is 1. The number of fused-ring (bicyclic) bond motifs is 1. The van der Waals surface area contributed by atoms with Crippen LogP contribution >= 0.6 is 0 Å². The fourth-order valence-electron chi connectivity index (χ4n) is 3.82. The first kappa shape index (κ1) is 19.1. The Labute approximate surface area is 172 Å². The van der Waals surface area contributed by atoms with Gasteiger partial charge >= 0.3 is 0 Å². The number of phenolic OH excluding ortho intramolecular Hbond substituents is 1. The van der Waals surface area contributed by atoms with Crippen molar-refractivity contribution in [1.82, 2.24) is 4.98 Å². The quantitative estimate of drug-likeness (QED) is 0.563. The number of nitrogens with zero attached hydrogens (tertiary/aromatic N) is 1. The Morgan fingerprint density at radius 3 is 2.45 bits per heavy atom. The van der Waals surface area contributed by atoms with Crippen molar-refractivity contribution in [3.63, 3.8) is 0 Å². The molecule has 0 saturated heterocycles. The molecule has 3 heteroatoms. The number of hydrogen-bond acceptors (Lipinski definition) is 3. The summed E-state index contributed by atoms with van der Waals surface area (Å²) in [5, 5.41) is 10.3. The Morgan fingerprint density at radius 1 is 1.00 bits per heavy atom. The molecular weight excluding hydrogens is 358 g/mol. The summed E-state index contributed by atoms with van der Waals surface area (Å²) in [6.07, 6.45) is 5.28. The zero-order valence-electron chi connectivity index (χ0n) is 17.3. The lowest BCUT2D eigenvalue weighted by Crippen LogP contribution is -2.35. The number of benzene rings is 2. The van der Waals surface area contributed by atoms with E-state index >= 15 is 0 Å². The van der Waals surface area contributed by atoms with E-state index in [1.54, 1.807) is 6.20 Å². The van der Waals surface area contributed by atoms with Crippen molar-refractivity contribution in [2.45, 2.75) is 46.1 Å². The van der Waals surface area contributed by atoms with Crippen molar-refractivity contribution in [2.75, 3.05) is 0 Å². The highest BCUT2D eigenvalue weighted by Gasteiger charge is 2.33. The third-order valence-electron chi connectivity index (χ3n) is 5.87. The predicted molar refractivity (Wildman–Crippen MR) is 116 cm³/mol. The summed E-state index contributed by atoms with van der Waals surface area (Å²) < 4.78 is 6.39. The molecule has 0 fully saturated rings. The number of rotatable bonds is 1. The minimum Gasteiger partial charge on any atom is -0.507 e. The second-order valence-corrected chi connectivity index (χ2v) is 7.93. The van der Waals surface area contributed by atoms with E-state index in [9.17, 15) is 5.11 Å². The first-order valence-electron chi connectivity index (χ1n) is 9.92. The summed E-state index contributed by atoms with van der Waals surface area (Å²) in [5.74, 6) is 7.90. The van der Waals surface area contributed by atoms with Gasteiger partial charge in [-0.2, -0.15) is 0 Å². The number of aromatic hydroxyl groups is 1. The number of pyridine rings is 1. The Kier molecular flexibility index (Phi) is 4.80. The Morgan fingerprint density at radius 2 is 1.76 bits per heavy atom. The molecule has 29 heavy (non-hydrogen) atoms. The Bertz CT molecular complexity index is 1120. The fraction of sp³-hybridized carbons (Fsp3) is 0.269. The molecule has 0 spiro atoms. The standard InChI is InChI=1S/C26H25NO2/c1-17-18(2)25-23(19(3)24(17)28)12-14-26(4,29-25)13-11-20-7-9-21(10-8-20)22-6-5-15-27-16-22/h5-10,15-16,28H,12,14H2,1-4H3. The van der Waals surface area contributed by atoms with Crippen LogP contribution in [0.25, 0.3) is 11.1 Å². The van der Waals surface area contributed by atoms with E-state index in [2.05, 4.69) is 29.0 Å². The monoisotopic (exact) mass is 383 g/mol. The van der Waals surface area contributed by atoms with Crippen LogP contribution in [-0.2, 0) is 6.42 Å². The molecule has 4 rings (SSSR count). The third-order valence-corrected chi connectivity index (χ3v) is 5.87. The highest BCUT2D eigenvalue weighted by molar-refractivity contribution is 5.63. The van der Waals surface area contributed by atoms with E-state index in [4.69, 9.17) is 4.74 Å². The maximum Gasteiger partial charge on any atom is 0.167 e. The molecule has 0 bridgehead atoms. The average molecular weight is 383 g/mol. The van der Waals surface area contributed by atoms with Gasteiger partial charge in [-0.15, -0.1) is 0 Å². The number of aromatic nitrogens is 1. The molecule has 1 unspecified atom stereocenters. The van der Waals surface area contributed by atoms with E-state index in [0.29, 0.717) is 5.75 Å². The van der Waals surface area contributed by atoms with E-state index in [0.717, 1.165) is 57.5 Å². The van der Waals surface area contributed by atoms with Crippen molar-refractivity contribution in [3.05, 3.63) is 76.6 Å². The van der Waals surface area contributed by atoms with Crippen LogP contribution < -0.4 is 4.74 Å². The van der Waals surface area contributed by atoms with Gasteiger partial charge in [-0.25, -0.2) is 0 Å². The predicted octanol–water partition coefficient (Wildman–Crippen LogP) is 5.51. The molecule has 3 nitrogen and oxygen atoms in total. The van der Waals surface area contributed by atoms with Crippen molar-refractivity contribution in [1.29, 1.82) is 0 Å². The van der Waals surface area contributed by atoms with Crippen molar-refractivity contribution >= 4 is 0 Å². The molecule has 2 heterocycles.